The number of carbonyl (C=O) groups excluding carboxylic acids is 2. The van der Waals surface area contributed by atoms with Crippen LogP contribution < -0.4 is 10.2 Å². The van der Waals surface area contributed by atoms with Crippen molar-refractivity contribution in [2.75, 3.05) is 18.0 Å². The van der Waals surface area contributed by atoms with Crippen molar-refractivity contribution in [3.8, 4) is 0 Å². The van der Waals surface area contributed by atoms with Crippen molar-refractivity contribution in [3.05, 3.63) is 28.2 Å². The first-order valence-electron chi connectivity index (χ1n) is 5.52. The summed E-state index contributed by atoms with van der Waals surface area (Å²) in [6.45, 7) is 1.98. The summed E-state index contributed by atoms with van der Waals surface area (Å²) in [5.41, 5.74) is 1.54. The molecule has 2 amide bonds. The van der Waals surface area contributed by atoms with Gasteiger partial charge in [-0.25, -0.2) is 0 Å². The molecule has 0 radical (unpaired) electrons. The van der Waals surface area contributed by atoms with E-state index in [0.29, 0.717) is 0 Å². The Morgan fingerprint density at radius 1 is 1.33 bits per heavy atom. The largest absolute Gasteiger partial charge is 0.389 e. The lowest BCUT2D eigenvalue weighted by Gasteiger charge is -2.28. The summed E-state index contributed by atoms with van der Waals surface area (Å²) >= 11 is 3.40. The Kier molecular flexibility index (Phi) is 3.68. The molecule has 0 unspecified atom stereocenters. The van der Waals surface area contributed by atoms with Crippen molar-refractivity contribution in [3.63, 3.8) is 0 Å². The van der Waals surface area contributed by atoms with Gasteiger partial charge in [0, 0.05) is 4.47 Å². The molecular weight excluding hydrogens is 300 g/mol. The fraction of sp³-hybridized carbons (Fsp3) is 0.333. The standard InChI is InChI=1S/C12H13BrN2O3/c1-7(16)8-2-3-10(9(13)4-8)15-5-11(17)14-12(18)6-15/h2-4,7,16H,5-6H2,1H3,(H,14,17,18)/t7-/m1/s1. The molecule has 1 heterocycles. The number of hydrogen-bond donors (Lipinski definition) is 2. The zero-order valence-corrected chi connectivity index (χ0v) is 11.4. The van der Waals surface area contributed by atoms with Crippen LogP contribution in [0.3, 0.4) is 0 Å². The molecule has 1 aliphatic rings. The number of rotatable bonds is 2. The predicted molar refractivity (Wildman–Crippen MR) is 70.1 cm³/mol. The van der Waals surface area contributed by atoms with Gasteiger partial charge in [0.15, 0.2) is 0 Å². The van der Waals surface area contributed by atoms with Gasteiger partial charge in [-0.2, -0.15) is 0 Å². The smallest absolute Gasteiger partial charge is 0.246 e. The molecule has 1 aromatic carbocycles. The van der Waals surface area contributed by atoms with Gasteiger partial charge >= 0.3 is 0 Å². The van der Waals surface area contributed by atoms with Crippen LogP contribution in [0, 0.1) is 0 Å². The Bertz CT molecular complexity index is 486. The van der Waals surface area contributed by atoms with Crippen molar-refractivity contribution in [2.24, 2.45) is 0 Å². The first-order valence-corrected chi connectivity index (χ1v) is 6.32. The van der Waals surface area contributed by atoms with Gasteiger partial charge in [0.25, 0.3) is 0 Å². The van der Waals surface area contributed by atoms with Crippen molar-refractivity contribution < 1.29 is 14.7 Å². The highest BCUT2D eigenvalue weighted by Crippen LogP contribution is 2.29. The topological polar surface area (TPSA) is 69.6 Å². The molecule has 0 spiro atoms. The molecule has 18 heavy (non-hydrogen) atoms. The molecule has 1 atom stereocenters. The van der Waals surface area contributed by atoms with Gasteiger partial charge in [-0.05, 0) is 40.5 Å². The summed E-state index contributed by atoms with van der Waals surface area (Å²) in [6.07, 6.45) is -0.554. The van der Waals surface area contributed by atoms with E-state index in [1.54, 1.807) is 30.0 Å². The Morgan fingerprint density at radius 3 is 2.44 bits per heavy atom. The summed E-state index contributed by atoms with van der Waals surface area (Å²) in [7, 11) is 0. The van der Waals surface area contributed by atoms with E-state index >= 15 is 0 Å². The van der Waals surface area contributed by atoms with Crippen molar-refractivity contribution in [1.82, 2.24) is 5.32 Å². The molecule has 2 N–H and O–H groups in total. The lowest BCUT2D eigenvalue weighted by atomic mass is 10.1. The van der Waals surface area contributed by atoms with Crippen LogP contribution in [0.4, 0.5) is 5.69 Å². The Balaban J connectivity index is 2.28. The van der Waals surface area contributed by atoms with Crippen LogP contribution in [0.25, 0.3) is 0 Å². The van der Waals surface area contributed by atoms with Crippen molar-refractivity contribution in [1.29, 1.82) is 0 Å². The molecule has 5 nitrogen and oxygen atoms in total. The zero-order chi connectivity index (χ0) is 13.3. The van der Waals surface area contributed by atoms with Crippen LogP contribution >= 0.6 is 15.9 Å². The van der Waals surface area contributed by atoms with Crippen LogP contribution in [0.1, 0.15) is 18.6 Å². The van der Waals surface area contributed by atoms with Gasteiger partial charge in [-0.1, -0.05) is 6.07 Å². The number of hydrogen-bond acceptors (Lipinski definition) is 4. The number of carbonyl (C=O) groups is 2. The maximum absolute atomic E-state index is 11.3. The van der Waals surface area contributed by atoms with E-state index in [0.717, 1.165) is 15.7 Å². The van der Waals surface area contributed by atoms with Crippen molar-refractivity contribution >= 4 is 33.4 Å². The normalized spacial score (nSPS) is 17.6. The number of benzene rings is 1. The van der Waals surface area contributed by atoms with Gasteiger partial charge in [-0.15, -0.1) is 0 Å². The van der Waals surface area contributed by atoms with Gasteiger partial charge < -0.3 is 10.0 Å². The molecular formula is C12H13BrN2O3. The van der Waals surface area contributed by atoms with E-state index in [9.17, 15) is 14.7 Å². The number of aliphatic hydroxyl groups excluding tert-OH is 1. The third-order valence-corrected chi connectivity index (χ3v) is 3.38. The van der Waals surface area contributed by atoms with Crippen LogP contribution in [0.2, 0.25) is 0 Å². The molecule has 1 fully saturated rings. The number of piperazine rings is 1. The number of halogens is 1. The van der Waals surface area contributed by atoms with E-state index in [4.69, 9.17) is 0 Å². The number of amides is 2. The SMILES string of the molecule is C[C@@H](O)c1ccc(N2CC(=O)NC(=O)C2)c(Br)c1. The molecule has 6 heteroatoms. The highest BCUT2D eigenvalue weighted by molar-refractivity contribution is 9.10. The summed E-state index contributed by atoms with van der Waals surface area (Å²) < 4.78 is 0.753. The molecule has 0 bridgehead atoms. The monoisotopic (exact) mass is 312 g/mol. The Hall–Kier alpha value is -1.40. The Morgan fingerprint density at radius 2 is 1.94 bits per heavy atom. The first-order chi connectivity index (χ1) is 8.47. The van der Waals surface area contributed by atoms with Gasteiger partial charge in [0.1, 0.15) is 0 Å². The molecule has 2 rings (SSSR count). The minimum atomic E-state index is -0.554. The van der Waals surface area contributed by atoms with Crippen molar-refractivity contribution in [2.45, 2.75) is 13.0 Å². The van der Waals surface area contributed by atoms with Gasteiger partial charge in [-0.3, -0.25) is 14.9 Å². The van der Waals surface area contributed by atoms with E-state index in [1.165, 1.54) is 0 Å². The lowest BCUT2D eigenvalue weighted by Crippen LogP contribution is -2.51. The first kappa shape index (κ1) is 13.0. The minimum Gasteiger partial charge on any atom is -0.389 e. The average Bonchev–Trinajstić information content (AvgIpc) is 2.27. The number of imide groups is 1. The maximum Gasteiger partial charge on any atom is 0.246 e. The number of anilines is 1. The fourth-order valence-electron chi connectivity index (χ4n) is 1.85. The highest BCUT2D eigenvalue weighted by atomic mass is 79.9. The van der Waals surface area contributed by atoms with Crippen LogP contribution in [0.5, 0.6) is 0 Å². The average molecular weight is 313 g/mol. The second-order valence-corrected chi connectivity index (χ2v) is 5.07. The fourth-order valence-corrected chi connectivity index (χ4v) is 2.49. The van der Waals surface area contributed by atoms with E-state index in [-0.39, 0.29) is 24.9 Å². The van der Waals surface area contributed by atoms with E-state index < -0.39 is 6.10 Å². The van der Waals surface area contributed by atoms with E-state index in [1.807, 2.05) is 0 Å². The summed E-state index contributed by atoms with van der Waals surface area (Å²) in [5, 5.41) is 11.7. The highest BCUT2D eigenvalue weighted by Gasteiger charge is 2.24. The number of nitrogens with one attached hydrogen (secondary N) is 1. The molecule has 0 saturated carbocycles. The number of aliphatic hydroxyl groups is 1. The minimum absolute atomic E-state index is 0.151. The predicted octanol–water partition coefficient (Wildman–Crippen LogP) is 0.965. The maximum atomic E-state index is 11.3. The summed E-state index contributed by atoms with van der Waals surface area (Å²) in [4.78, 5) is 24.3. The molecule has 1 aliphatic heterocycles. The second kappa shape index (κ2) is 5.07. The van der Waals surface area contributed by atoms with Gasteiger partial charge in [0.05, 0.1) is 24.9 Å². The second-order valence-electron chi connectivity index (χ2n) is 4.21. The number of nitrogens with zero attached hydrogens (tertiary/aromatic N) is 1. The molecule has 1 aromatic rings. The molecule has 96 valence electrons. The van der Waals surface area contributed by atoms with Crippen LogP contribution in [0.15, 0.2) is 22.7 Å². The molecule has 0 aliphatic carbocycles. The summed E-state index contributed by atoms with van der Waals surface area (Å²) in [5.74, 6) is -0.615. The lowest BCUT2D eigenvalue weighted by molar-refractivity contribution is -0.130. The quantitative estimate of drug-likeness (QED) is 0.798. The third-order valence-electron chi connectivity index (χ3n) is 2.74. The van der Waals surface area contributed by atoms with Crippen LogP contribution in [-0.2, 0) is 9.59 Å². The van der Waals surface area contributed by atoms with E-state index in [2.05, 4.69) is 21.2 Å². The molecule has 0 aromatic heterocycles. The summed E-state index contributed by atoms with van der Waals surface area (Å²) in [6, 6.07) is 5.36. The van der Waals surface area contributed by atoms with Gasteiger partial charge in [0.2, 0.25) is 11.8 Å². The zero-order valence-electron chi connectivity index (χ0n) is 9.81. The third kappa shape index (κ3) is 2.70. The Labute approximate surface area is 113 Å². The van der Waals surface area contributed by atoms with Crippen LogP contribution in [-0.4, -0.2) is 30.0 Å². The molecule has 1 saturated heterocycles.